The molecule has 0 aromatic carbocycles. The first-order chi connectivity index (χ1) is 8.02. The van der Waals surface area contributed by atoms with Crippen LogP contribution in [0.15, 0.2) is 0 Å². The van der Waals surface area contributed by atoms with Crippen LogP contribution in [0.25, 0.3) is 0 Å². The van der Waals surface area contributed by atoms with Gasteiger partial charge in [-0.3, -0.25) is 9.48 Å². The van der Waals surface area contributed by atoms with Crippen molar-refractivity contribution in [1.82, 2.24) is 15.1 Å². The van der Waals surface area contributed by atoms with Gasteiger partial charge >= 0.3 is 0 Å². The molecule has 0 aliphatic heterocycles. The molecule has 0 aliphatic rings. The summed E-state index contributed by atoms with van der Waals surface area (Å²) < 4.78 is 1.70. The number of rotatable bonds is 5. The van der Waals surface area contributed by atoms with Crippen LogP contribution in [-0.2, 0) is 4.79 Å². The Bertz CT molecular complexity index is 406. The SMILES string of the molecule is CCC(C(=O)NCCS)n1nc(C)c(Cl)c1C. The lowest BCUT2D eigenvalue weighted by Crippen LogP contribution is -2.34. The Hall–Kier alpha value is -0.680. The van der Waals surface area contributed by atoms with Crippen LogP contribution >= 0.6 is 24.2 Å². The number of nitrogens with zero attached hydrogens (tertiary/aromatic N) is 2. The van der Waals surface area contributed by atoms with Gasteiger partial charge in [0.1, 0.15) is 6.04 Å². The first-order valence-electron chi connectivity index (χ1n) is 5.62. The van der Waals surface area contributed by atoms with E-state index in [1.54, 1.807) is 4.68 Å². The minimum atomic E-state index is -0.305. The zero-order chi connectivity index (χ0) is 13.0. The van der Waals surface area contributed by atoms with Gasteiger partial charge in [-0.05, 0) is 20.3 Å². The van der Waals surface area contributed by atoms with Crippen molar-refractivity contribution in [2.24, 2.45) is 0 Å². The Morgan fingerprint density at radius 1 is 1.59 bits per heavy atom. The van der Waals surface area contributed by atoms with Crippen molar-refractivity contribution in [3.63, 3.8) is 0 Å². The highest BCUT2D eigenvalue weighted by molar-refractivity contribution is 7.80. The summed E-state index contributed by atoms with van der Waals surface area (Å²) in [5.74, 6) is 0.587. The largest absolute Gasteiger partial charge is 0.353 e. The Morgan fingerprint density at radius 3 is 2.65 bits per heavy atom. The maximum absolute atomic E-state index is 12.0. The first-order valence-corrected chi connectivity index (χ1v) is 6.63. The number of nitrogens with one attached hydrogen (secondary N) is 1. The van der Waals surface area contributed by atoms with Crippen LogP contribution in [-0.4, -0.2) is 28.0 Å². The minimum Gasteiger partial charge on any atom is -0.353 e. The Balaban J connectivity index is 2.93. The average molecular weight is 276 g/mol. The van der Waals surface area contributed by atoms with Crippen LogP contribution in [0.3, 0.4) is 0 Å². The summed E-state index contributed by atoms with van der Waals surface area (Å²) in [6, 6.07) is -0.305. The molecule has 0 aliphatic carbocycles. The van der Waals surface area contributed by atoms with E-state index in [0.717, 1.165) is 11.4 Å². The van der Waals surface area contributed by atoms with E-state index in [0.29, 0.717) is 23.7 Å². The van der Waals surface area contributed by atoms with Crippen LogP contribution in [0, 0.1) is 13.8 Å². The van der Waals surface area contributed by atoms with E-state index in [4.69, 9.17) is 11.6 Å². The molecule has 1 heterocycles. The molecule has 1 aromatic rings. The van der Waals surface area contributed by atoms with E-state index >= 15 is 0 Å². The van der Waals surface area contributed by atoms with Gasteiger partial charge in [0.15, 0.2) is 0 Å². The molecule has 1 N–H and O–H groups in total. The third kappa shape index (κ3) is 3.16. The molecule has 4 nitrogen and oxygen atoms in total. The van der Waals surface area contributed by atoms with Gasteiger partial charge in [0.25, 0.3) is 0 Å². The quantitative estimate of drug-likeness (QED) is 0.809. The zero-order valence-electron chi connectivity index (χ0n) is 10.3. The second-order valence-electron chi connectivity index (χ2n) is 3.87. The Labute approximate surface area is 112 Å². The second kappa shape index (κ2) is 6.31. The molecule has 0 fully saturated rings. The first kappa shape index (κ1) is 14.4. The fraction of sp³-hybridized carbons (Fsp3) is 0.636. The molecule has 1 unspecified atom stereocenters. The van der Waals surface area contributed by atoms with E-state index in [1.807, 2.05) is 20.8 Å². The summed E-state index contributed by atoms with van der Waals surface area (Å²) in [7, 11) is 0. The molecule has 1 atom stereocenters. The molecule has 0 saturated carbocycles. The molecule has 0 spiro atoms. The smallest absolute Gasteiger partial charge is 0.244 e. The van der Waals surface area contributed by atoms with Crippen LogP contribution in [0.1, 0.15) is 30.8 Å². The molecule has 96 valence electrons. The maximum atomic E-state index is 12.0. The average Bonchev–Trinajstić information content (AvgIpc) is 2.56. The van der Waals surface area contributed by atoms with Crippen molar-refractivity contribution >= 4 is 30.1 Å². The molecule has 6 heteroatoms. The van der Waals surface area contributed by atoms with Crippen LogP contribution < -0.4 is 5.32 Å². The molecule has 1 amide bonds. The molecule has 0 saturated heterocycles. The third-order valence-electron chi connectivity index (χ3n) is 2.63. The number of aromatic nitrogens is 2. The van der Waals surface area contributed by atoms with Crippen LogP contribution in [0.4, 0.5) is 0 Å². The number of aryl methyl sites for hydroxylation is 1. The molecule has 1 aromatic heterocycles. The highest BCUT2D eigenvalue weighted by Gasteiger charge is 2.22. The van der Waals surface area contributed by atoms with Crippen molar-refractivity contribution in [2.75, 3.05) is 12.3 Å². The molecular formula is C11H18ClN3OS. The molecule has 17 heavy (non-hydrogen) atoms. The standard InChI is InChI=1S/C11H18ClN3OS/c1-4-9(11(16)13-5-6-17)15-8(3)10(12)7(2)14-15/h9,17H,4-6H2,1-3H3,(H,13,16). The summed E-state index contributed by atoms with van der Waals surface area (Å²) >= 11 is 10.1. The monoisotopic (exact) mass is 275 g/mol. The summed E-state index contributed by atoms with van der Waals surface area (Å²) in [6.45, 7) is 6.22. The van der Waals surface area contributed by atoms with E-state index in [1.165, 1.54) is 0 Å². The molecule has 1 rings (SSSR count). The van der Waals surface area contributed by atoms with Gasteiger partial charge in [-0.2, -0.15) is 17.7 Å². The third-order valence-corrected chi connectivity index (χ3v) is 3.40. The van der Waals surface area contributed by atoms with Gasteiger partial charge in [0.2, 0.25) is 5.91 Å². The lowest BCUT2D eigenvalue weighted by Gasteiger charge is -2.16. The van der Waals surface area contributed by atoms with Crippen LogP contribution in [0.2, 0.25) is 5.02 Å². The van der Waals surface area contributed by atoms with Crippen molar-refractivity contribution < 1.29 is 4.79 Å². The number of amides is 1. The van der Waals surface area contributed by atoms with E-state index < -0.39 is 0 Å². The fourth-order valence-electron chi connectivity index (χ4n) is 1.71. The van der Waals surface area contributed by atoms with Crippen LogP contribution in [0.5, 0.6) is 0 Å². The van der Waals surface area contributed by atoms with Crippen molar-refractivity contribution in [2.45, 2.75) is 33.2 Å². The normalized spacial score (nSPS) is 12.5. The van der Waals surface area contributed by atoms with Crippen molar-refractivity contribution in [3.8, 4) is 0 Å². The van der Waals surface area contributed by atoms with Crippen molar-refractivity contribution in [3.05, 3.63) is 16.4 Å². The summed E-state index contributed by atoms with van der Waals surface area (Å²) in [6.07, 6.45) is 0.677. The lowest BCUT2D eigenvalue weighted by atomic mass is 10.2. The zero-order valence-corrected chi connectivity index (χ0v) is 12.0. The predicted octanol–water partition coefficient (Wildman–Crippen LogP) is 2.15. The predicted molar refractivity (Wildman–Crippen MR) is 72.9 cm³/mol. The molecule has 0 radical (unpaired) electrons. The van der Waals surface area contributed by atoms with Gasteiger partial charge in [0, 0.05) is 12.3 Å². The number of hydrogen-bond donors (Lipinski definition) is 2. The van der Waals surface area contributed by atoms with Gasteiger partial charge in [0.05, 0.1) is 16.4 Å². The summed E-state index contributed by atoms with van der Waals surface area (Å²) in [5, 5.41) is 7.76. The number of carbonyl (C=O) groups excluding carboxylic acids is 1. The topological polar surface area (TPSA) is 46.9 Å². The maximum Gasteiger partial charge on any atom is 0.244 e. The Morgan fingerprint density at radius 2 is 2.24 bits per heavy atom. The molecule has 0 bridgehead atoms. The van der Waals surface area contributed by atoms with Crippen molar-refractivity contribution in [1.29, 1.82) is 0 Å². The lowest BCUT2D eigenvalue weighted by molar-refractivity contribution is -0.124. The van der Waals surface area contributed by atoms with E-state index in [-0.39, 0.29) is 11.9 Å². The second-order valence-corrected chi connectivity index (χ2v) is 4.69. The summed E-state index contributed by atoms with van der Waals surface area (Å²) in [4.78, 5) is 12.0. The van der Waals surface area contributed by atoms with Gasteiger partial charge in [-0.15, -0.1) is 0 Å². The number of hydrogen-bond acceptors (Lipinski definition) is 3. The van der Waals surface area contributed by atoms with E-state index in [9.17, 15) is 4.79 Å². The van der Waals surface area contributed by atoms with E-state index in [2.05, 4.69) is 23.0 Å². The summed E-state index contributed by atoms with van der Waals surface area (Å²) in [5.41, 5.74) is 1.58. The Kier molecular flexibility index (Phi) is 5.33. The van der Waals surface area contributed by atoms with Gasteiger partial charge in [-0.25, -0.2) is 0 Å². The van der Waals surface area contributed by atoms with Gasteiger partial charge < -0.3 is 5.32 Å². The number of halogens is 1. The highest BCUT2D eigenvalue weighted by atomic mass is 35.5. The number of thiol groups is 1. The fourth-order valence-corrected chi connectivity index (χ4v) is 1.95. The molecular weight excluding hydrogens is 258 g/mol. The number of carbonyl (C=O) groups is 1. The minimum absolute atomic E-state index is 0.0381. The highest BCUT2D eigenvalue weighted by Crippen LogP contribution is 2.23. The van der Waals surface area contributed by atoms with Gasteiger partial charge in [-0.1, -0.05) is 18.5 Å².